The van der Waals surface area contributed by atoms with E-state index < -0.39 is 0 Å². The summed E-state index contributed by atoms with van der Waals surface area (Å²) in [6.45, 7) is 0.827. The zero-order chi connectivity index (χ0) is 10.1. The van der Waals surface area contributed by atoms with Gasteiger partial charge in [-0.1, -0.05) is 0 Å². The zero-order valence-corrected chi connectivity index (χ0v) is 9.40. The van der Waals surface area contributed by atoms with E-state index in [0.29, 0.717) is 18.7 Å². The van der Waals surface area contributed by atoms with E-state index in [9.17, 15) is 9.59 Å². The fourth-order valence-corrected chi connectivity index (χ4v) is 1.74. The van der Waals surface area contributed by atoms with Crippen LogP contribution in [-0.2, 0) is 17.9 Å². The van der Waals surface area contributed by atoms with Crippen LogP contribution in [0.2, 0.25) is 0 Å². The van der Waals surface area contributed by atoms with Gasteiger partial charge in [-0.15, -0.1) is 24.0 Å². The third kappa shape index (κ3) is 2.16. The Kier molecular flexibility index (Phi) is 3.77. The number of nitrogens with one attached hydrogen (secondary N) is 1. The number of carbonyl (C=O) groups is 1. The predicted octanol–water partition coefficient (Wildman–Crippen LogP) is 0.878. The summed E-state index contributed by atoms with van der Waals surface area (Å²) in [6.07, 6.45) is 1.59. The lowest BCUT2D eigenvalue weighted by Crippen LogP contribution is -2.26. The normalized spacial score (nSPS) is 13.3. The highest BCUT2D eigenvalue weighted by Gasteiger charge is 2.24. The standard InChI is InChI=1S/C9H9ClN2O2.ClH/c10-3-9(14)12-4-6-7(5-12)11-2-1-8(6)13;/h1-2H,3-5H2,(H,11,13);1H. The van der Waals surface area contributed by atoms with Gasteiger partial charge in [0.25, 0.3) is 0 Å². The van der Waals surface area contributed by atoms with E-state index in [1.165, 1.54) is 6.07 Å². The molecule has 1 aromatic heterocycles. The van der Waals surface area contributed by atoms with Crippen LogP contribution < -0.4 is 5.43 Å². The summed E-state index contributed by atoms with van der Waals surface area (Å²) < 4.78 is 0. The Morgan fingerprint density at radius 1 is 1.53 bits per heavy atom. The molecule has 4 nitrogen and oxygen atoms in total. The fraction of sp³-hybridized carbons (Fsp3) is 0.333. The van der Waals surface area contributed by atoms with E-state index in [1.807, 2.05) is 0 Å². The number of hydrogen-bond acceptors (Lipinski definition) is 2. The van der Waals surface area contributed by atoms with Crippen molar-refractivity contribution >= 4 is 29.9 Å². The minimum atomic E-state index is -0.143. The number of rotatable bonds is 1. The molecule has 2 rings (SSSR count). The maximum atomic E-state index is 11.4. The van der Waals surface area contributed by atoms with Crippen molar-refractivity contribution in [3.63, 3.8) is 0 Å². The number of carbonyl (C=O) groups excluding carboxylic acids is 1. The van der Waals surface area contributed by atoms with E-state index in [4.69, 9.17) is 11.6 Å². The number of aromatic nitrogens is 1. The number of halogens is 2. The molecule has 1 amide bonds. The molecule has 0 atom stereocenters. The molecule has 82 valence electrons. The molecule has 0 aromatic carbocycles. The molecular weight excluding hydrogens is 239 g/mol. The Morgan fingerprint density at radius 3 is 2.87 bits per heavy atom. The highest BCUT2D eigenvalue weighted by molar-refractivity contribution is 6.27. The Morgan fingerprint density at radius 2 is 2.27 bits per heavy atom. The lowest BCUT2D eigenvalue weighted by molar-refractivity contribution is -0.129. The lowest BCUT2D eigenvalue weighted by Gasteiger charge is -2.12. The van der Waals surface area contributed by atoms with Crippen molar-refractivity contribution in [1.82, 2.24) is 9.88 Å². The van der Waals surface area contributed by atoms with Gasteiger partial charge in [-0.3, -0.25) is 9.59 Å². The summed E-state index contributed by atoms with van der Waals surface area (Å²) in [5.74, 6) is -0.182. The topological polar surface area (TPSA) is 53.2 Å². The van der Waals surface area contributed by atoms with Crippen LogP contribution in [0.5, 0.6) is 0 Å². The molecule has 6 heteroatoms. The SMILES string of the molecule is Cl.O=C(CCl)N1Cc2[nH]ccc(=O)c2C1. The van der Waals surface area contributed by atoms with Crippen molar-refractivity contribution in [3.8, 4) is 0 Å². The minimum absolute atomic E-state index is 0. The van der Waals surface area contributed by atoms with Crippen LogP contribution in [-0.4, -0.2) is 21.7 Å². The zero-order valence-electron chi connectivity index (χ0n) is 7.83. The summed E-state index contributed by atoms with van der Waals surface area (Å²) in [5.41, 5.74) is 1.46. The van der Waals surface area contributed by atoms with Crippen molar-refractivity contribution in [1.29, 1.82) is 0 Å². The second kappa shape index (κ2) is 4.68. The van der Waals surface area contributed by atoms with Gasteiger partial charge in [-0.25, -0.2) is 0 Å². The van der Waals surface area contributed by atoms with E-state index in [0.717, 1.165) is 5.69 Å². The van der Waals surface area contributed by atoms with Gasteiger partial charge in [-0.2, -0.15) is 0 Å². The van der Waals surface area contributed by atoms with Gasteiger partial charge in [0.05, 0.1) is 13.1 Å². The molecule has 0 bridgehead atoms. The number of nitrogens with zero attached hydrogens (tertiary/aromatic N) is 1. The average molecular weight is 249 g/mol. The number of hydrogen-bond donors (Lipinski definition) is 1. The van der Waals surface area contributed by atoms with Crippen molar-refractivity contribution in [3.05, 3.63) is 33.7 Å². The number of aromatic amines is 1. The van der Waals surface area contributed by atoms with Crippen LogP contribution in [0.1, 0.15) is 11.3 Å². The van der Waals surface area contributed by atoms with Gasteiger partial charge in [0.15, 0.2) is 5.43 Å². The van der Waals surface area contributed by atoms with Crippen molar-refractivity contribution in [2.45, 2.75) is 13.1 Å². The van der Waals surface area contributed by atoms with Crippen molar-refractivity contribution in [2.24, 2.45) is 0 Å². The molecule has 0 fully saturated rings. The highest BCUT2D eigenvalue weighted by Crippen LogP contribution is 2.17. The van der Waals surface area contributed by atoms with Crippen LogP contribution >= 0.6 is 24.0 Å². The van der Waals surface area contributed by atoms with Gasteiger partial charge < -0.3 is 9.88 Å². The molecule has 1 aromatic rings. The molecule has 15 heavy (non-hydrogen) atoms. The third-order valence-electron chi connectivity index (χ3n) is 2.32. The smallest absolute Gasteiger partial charge is 0.238 e. The summed E-state index contributed by atoms with van der Waals surface area (Å²) in [6, 6.07) is 1.47. The predicted molar refractivity (Wildman–Crippen MR) is 59.3 cm³/mol. The second-order valence-electron chi connectivity index (χ2n) is 3.18. The second-order valence-corrected chi connectivity index (χ2v) is 3.45. The van der Waals surface area contributed by atoms with E-state index in [-0.39, 0.29) is 29.6 Å². The first kappa shape index (κ1) is 12.1. The molecule has 1 N–H and O–H groups in total. The van der Waals surface area contributed by atoms with Crippen molar-refractivity contribution in [2.75, 3.05) is 5.88 Å². The Hall–Kier alpha value is -1.00. The first-order chi connectivity index (χ1) is 6.72. The minimum Gasteiger partial charge on any atom is -0.363 e. The van der Waals surface area contributed by atoms with Crippen molar-refractivity contribution < 1.29 is 4.79 Å². The van der Waals surface area contributed by atoms with Gasteiger partial charge in [-0.05, 0) is 0 Å². The van der Waals surface area contributed by atoms with E-state index >= 15 is 0 Å². The Balaban J connectivity index is 0.00000112. The maximum absolute atomic E-state index is 11.4. The van der Waals surface area contributed by atoms with Crippen LogP contribution in [0.4, 0.5) is 0 Å². The molecule has 1 aliphatic rings. The molecule has 2 heterocycles. The first-order valence-electron chi connectivity index (χ1n) is 4.25. The van der Waals surface area contributed by atoms with E-state index in [2.05, 4.69) is 4.98 Å². The molecule has 0 saturated carbocycles. The number of alkyl halides is 1. The first-order valence-corrected chi connectivity index (χ1v) is 4.79. The number of amides is 1. The number of H-pyrrole nitrogens is 1. The molecule has 0 saturated heterocycles. The van der Waals surface area contributed by atoms with E-state index in [1.54, 1.807) is 11.1 Å². The maximum Gasteiger partial charge on any atom is 0.238 e. The summed E-state index contributed by atoms with van der Waals surface area (Å²) in [5, 5.41) is 0. The summed E-state index contributed by atoms with van der Waals surface area (Å²) in [4.78, 5) is 27.2. The lowest BCUT2D eigenvalue weighted by atomic mass is 10.2. The Labute approximate surface area is 97.6 Å². The summed E-state index contributed by atoms with van der Waals surface area (Å²) >= 11 is 5.44. The number of pyridine rings is 1. The monoisotopic (exact) mass is 248 g/mol. The molecule has 0 spiro atoms. The van der Waals surface area contributed by atoms with Crippen LogP contribution in [0.25, 0.3) is 0 Å². The molecule has 0 unspecified atom stereocenters. The highest BCUT2D eigenvalue weighted by atomic mass is 35.5. The average Bonchev–Trinajstić information content (AvgIpc) is 2.62. The van der Waals surface area contributed by atoms with Gasteiger partial charge in [0.2, 0.25) is 5.91 Å². The van der Waals surface area contributed by atoms with Gasteiger partial charge >= 0.3 is 0 Å². The summed E-state index contributed by atoms with van der Waals surface area (Å²) in [7, 11) is 0. The Bertz CT molecular complexity index is 430. The molecule has 1 aliphatic heterocycles. The fourth-order valence-electron chi connectivity index (χ4n) is 1.57. The third-order valence-corrected chi connectivity index (χ3v) is 2.55. The van der Waals surface area contributed by atoms with Gasteiger partial charge in [0, 0.05) is 23.5 Å². The quantitative estimate of drug-likeness (QED) is 0.751. The molecular formula is C9H10Cl2N2O2. The van der Waals surface area contributed by atoms with Gasteiger partial charge in [0.1, 0.15) is 5.88 Å². The van der Waals surface area contributed by atoms with Crippen LogP contribution in [0.3, 0.4) is 0 Å². The van der Waals surface area contributed by atoms with Crippen LogP contribution in [0.15, 0.2) is 17.1 Å². The number of fused-ring (bicyclic) bond motifs is 1. The molecule has 0 radical (unpaired) electrons. The van der Waals surface area contributed by atoms with Crippen LogP contribution in [0, 0.1) is 0 Å². The largest absolute Gasteiger partial charge is 0.363 e. The molecule has 0 aliphatic carbocycles.